The lowest BCUT2D eigenvalue weighted by atomic mass is 10.2. The summed E-state index contributed by atoms with van der Waals surface area (Å²) < 4.78 is 9.98. The highest BCUT2D eigenvalue weighted by molar-refractivity contribution is 5.85. The lowest BCUT2D eigenvalue weighted by Gasteiger charge is -2.11. The van der Waals surface area contributed by atoms with E-state index >= 15 is 0 Å². The van der Waals surface area contributed by atoms with Gasteiger partial charge in [0.1, 0.15) is 12.8 Å². The summed E-state index contributed by atoms with van der Waals surface area (Å²) in [5, 5.41) is 13.4. The van der Waals surface area contributed by atoms with Crippen LogP contribution in [-0.4, -0.2) is 23.1 Å². The smallest absolute Gasteiger partial charge is 0.411 e. The Balaban J connectivity index is 2.15. The van der Waals surface area contributed by atoms with Gasteiger partial charge in [0.05, 0.1) is 12.8 Å². The molecule has 0 unspecified atom stereocenters. The standard InChI is InChI=1S/C14H13N3O5/c1-21-14(18)16-11-6-3-2-5-10(11)9-22-12-7-4-8-15-13(12)17(19)20/h2-8H,9H2,1H3,(H,16,18). The molecule has 2 rings (SSSR count). The first kappa shape index (κ1) is 15.2. The number of pyridine rings is 1. The van der Waals surface area contributed by atoms with Crippen molar-refractivity contribution in [3.8, 4) is 5.75 Å². The predicted molar refractivity (Wildman–Crippen MR) is 77.7 cm³/mol. The number of methoxy groups -OCH3 is 1. The zero-order valence-electron chi connectivity index (χ0n) is 11.7. The minimum atomic E-state index is -0.617. The number of carbonyl (C=O) groups is 1. The fourth-order valence-electron chi connectivity index (χ4n) is 1.72. The van der Waals surface area contributed by atoms with Crippen molar-refractivity contribution in [1.29, 1.82) is 0 Å². The van der Waals surface area contributed by atoms with Crippen molar-refractivity contribution in [2.45, 2.75) is 6.61 Å². The Kier molecular flexibility index (Phi) is 4.86. The van der Waals surface area contributed by atoms with Crippen LogP contribution in [0.5, 0.6) is 5.75 Å². The van der Waals surface area contributed by atoms with E-state index in [4.69, 9.17) is 4.74 Å². The van der Waals surface area contributed by atoms with Gasteiger partial charge in [-0.25, -0.2) is 4.79 Å². The van der Waals surface area contributed by atoms with Crippen LogP contribution in [0.4, 0.5) is 16.3 Å². The average molecular weight is 303 g/mol. The Bertz CT molecular complexity index is 690. The van der Waals surface area contributed by atoms with E-state index in [1.807, 2.05) is 0 Å². The lowest BCUT2D eigenvalue weighted by molar-refractivity contribution is -0.390. The summed E-state index contributed by atoms with van der Waals surface area (Å²) in [5.41, 5.74) is 1.15. The Morgan fingerprint density at radius 3 is 2.82 bits per heavy atom. The largest absolute Gasteiger partial charge is 0.481 e. The zero-order valence-corrected chi connectivity index (χ0v) is 11.7. The molecule has 0 spiro atoms. The van der Waals surface area contributed by atoms with Gasteiger partial charge in [0.2, 0.25) is 5.75 Å². The molecule has 2 aromatic rings. The Hall–Kier alpha value is -3.16. The van der Waals surface area contributed by atoms with Gasteiger partial charge in [0.15, 0.2) is 0 Å². The van der Waals surface area contributed by atoms with Crippen LogP contribution in [0.1, 0.15) is 5.56 Å². The fraction of sp³-hybridized carbons (Fsp3) is 0.143. The number of nitro groups is 1. The molecule has 1 aromatic carbocycles. The number of nitrogens with zero attached hydrogens (tertiary/aromatic N) is 2. The number of hydrogen-bond acceptors (Lipinski definition) is 6. The van der Waals surface area contributed by atoms with Gasteiger partial charge in [-0.15, -0.1) is 0 Å². The molecule has 1 heterocycles. The van der Waals surface area contributed by atoms with Crippen molar-refractivity contribution in [3.05, 3.63) is 58.3 Å². The third kappa shape index (κ3) is 3.69. The summed E-state index contributed by atoms with van der Waals surface area (Å²) in [6.07, 6.45) is 0.706. The van der Waals surface area contributed by atoms with Crippen LogP contribution in [0, 0.1) is 10.1 Å². The number of nitrogens with one attached hydrogen (secondary N) is 1. The fourth-order valence-corrected chi connectivity index (χ4v) is 1.72. The molecule has 0 bridgehead atoms. The minimum Gasteiger partial charge on any atom is -0.481 e. The molecule has 8 nitrogen and oxygen atoms in total. The number of para-hydroxylation sites is 1. The van der Waals surface area contributed by atoms with E-state index in [9.17, 15) is 14.9 Å². The molecule has 0 fully saturated rings. The maximum Gasteiger partial charge on any atom is 0.411 e. The van der Waals surface area contributed by atoms with Crippen LogP contribution in [0.2, 0.25) is 0 Å². The summed E-state index contributed by atoms with van der Waals surface area (Å²) in [6.45, 7) is 0.0344. The molecule has 0 aliphatic carbocycles. The molecule has 0 saturated heterocycles. The van der Waals surface area contributed by atoms with E-state index in [1.165, 1.54) is 19.4 Å². The highest BCUT2D eigenvalue weighted by atomic mass is 16.6. The SMILES string of the molecule is COC(=O)Nc1ccccc1COc1cccnc1[N+](=O)[O-]. The van der Waals surface area contributed by atoms with E-state index in [2.05, 4.69) is 15.0 Å². The van der Waals surface area contributed by atoms with Gasteiger partial charge < -0.3 is 19.6 Å². The molecule has 1 N–H and O–H groups in total. The highest BCUT2D eigenvalue weighted by Gasteiger charge is 2.16. The van der Waals surface area contributed by atoms with Crippen molar-refractivity contribution < 1.29 is 19.2 Å². The normalized spacial score (nSPS) is 9.86. The first-order chi connectivity index (χ1) is 10.6. The maximum absolute atomic E-state index is 11.3. The van der Waals surface area contributed by atoms with Gasteiger partial charge in [-0.2, -0.15) is 0 Å². The summed E-state index contributed by atoms with van der Waals surface area (Å²) in [6, 6.07) is 9.91. The van der Waals surface area contributed by atoms with E-state index in [0.717, 1.165) is 0 Å². The number of hydrogen-bond donors (Lipinski definition) is 1. The third-order valence-corrected chi connectivity index (χ3v) is 2.75. The number of aromatic nitrogens is 1. The summed E-state index contributed by atoms with van der Waals surface area (Å²) >= 11 is 0. The minimum absolute atomic E-state index is 0.0344. The Labute approximate surface area is 125 Å². The molecule has 22 heavy (non-hydrogen) atoms. The molecular weight excluding hydrogens is 290 g/mol. The molecule has 0 atom stereocenters. The van der Waals surface area contributed by atoms with Gasteiger partial charge >= 0.3 is 11.9 Å². The zero-order chi connectivity index (χ0) is 15.9. The lowest BCUT2D eigenvalue weighted by Crippen LogP contribution is -2.13. The number of rotatable bonds is 5. The van der Waals surface area contributed by atoms with Gasteiger partial charge in [0.25, 0.3) is 0 Å². The van der Waals surface area contributed by atoms with Crippen LogP contribution in [-0.2, 0) is 11.3 Å². The molecule has 0 aliphatic rings. The molecule has 8 heteroatoms. The first-order valence-corrected chi connectivity index (χ1v) is 6.27. The number of carbonyl (C=O) groups excluding carboxylic acids is 1. The monoisotopic (exact) mass is 303 g/mol. The van der Waals surface area contributed by atoms with Crippen LogP contribution in [0.3, 0.4) is 0 Å². The van der Waals surface area contributed by atoms with E-state index in [1.54, 1.807) is 30.3 Å². The van der Waals surface area contributed by atoms with Crippen molar-refractivity contribution in [2.75, 3.05) is 12.4 Å². The van der Waals surface area contributed by atoms with E-state index < -0.39 is 11.0 Å². The van der Waals surface area contributed by atoms with Crippen LogP contribution in [0.25, 0.3) is 0 Å². The molecule has 0 radical (unpaired) electrons. The number of ether oxygens (including phenoxy) is 2. The molecule has 1 aromatic heterocycles. The number of benzene rings is 1. The molecule has 0 saturated carbocycles. The molecule has 0 aliphatic heterocycles. The molecule has 114 valence electrons. The second-order valence-corrected chi connectivity index (χ2v) is 4.14. The van der Waals surface area contributed by atoms with Crippen molar-refractivity contribution in [1.82, 2.24) is 4.98 Å². The maximum atomic E-state index is 11.3. The van der Waals surface area contributed by atoms with E-state index in [0.29, 0.717) is 11.3 Å². The number of amides is 1. The van der Waals surface area contributed by atoms with Crippen molar-refractivity contribution >= 4 is 17.6 Å². The van der Waals surface area contributed by atoms with Gasteiger partial charge in [-0.3, -0.25) is 5.32 Å². The van der Waals surface area contributed by atoms with Crippen LogP contribution in [0.15, 0.2) is 42.6 Å². The van der Waals surface area contributed by atoms with E-state index in [-0.39, 0.29) is 18.2 Å². The second kappa shape index (κ2) is 7.02. The third-order valence-electron chi connectivity index (χ3n) is 2.75. The molecule has 1 amide bonds. The van der Waals surface area contributed by atoms with Gasteiger partial charge in [-0.1, -0.05) is 18.2 Å². The quantitative estimate of drug-likeness (QED) is 0.672. The van der Waals surface area contributed by atoms with Gasteiger partial charge in [-0.05, 0) is 28.1 Å². The second-order valence-electron chi connectivity index (χ2n) is 4.14. The summed E-state index contributed by atoms with van der Waals surface area (Å²) in [4.78, 5) is 25.2. The number of anilines is 1. The van der Waals surface area contributed by atoms with Crippen LogP contribution >= 0.6 is 0 Å². The Morgan fingerprint density at radius 1 is 1.32 bits per heavy atom. The van der Waals surface area contributed by atoms with Crippen molar-refractivity contribution in [3.63, 3.8) is 0 Å². The van der Waals surface area contributed by atoms with Crippen molar-refractivity contribution in [2.24, 2.45) is 0 Å². The highest BCUT2D eigenvalue weighted by Crippen LogP contribution is 2.25. The van der Waals surface area contributed by atoms with Crippen LogP contribution < -0.4 is 10.1 Å². The first-order valence-electron chi connectivity index (χ1n) is 6.27. The average Bonchev–Trinajstić information content (AvgIpc) is 2.54. The Morgan fingerprint density at radius 2 is 2.09 bits per heavy atom. The predicted octanol–water partition coefficient (Wildman–Crippen LogP) is 2.75. The summed E-state index contributed by atoms with van der Waals surface area (Å²) in [7, 11) is 1.26. The van der Waals surface area contributed by atoms with Gasteiger partial charge in [0, 0.05) is 5.56 Å². The topological polar surface area (TPSA) is 104 Å². The summed E-state index contributed by atoms with van der Waals surface area (Å²) in [5.74, 6) is -0.304. The molecular formula is C14H13N3O5.